The van der Waals surface area contributed by atoms with Crippen LogP contribution in [0, 0.1) is 0 Å². The van der Waals surface area contributed by atoms with E-state index in [0.717, 1.165) is 181 Å². The van der Waals surface area contributed by atoms with Crippen molar-refractivity contribution in [2.24, 2.45) is 0 Å². The second kappa shape index (κ2) is 81.1. The topological polar surface area (TPSA) is 155 Å². The summed E-state index contributed by atoms with van der Waals surface area (Å²) in [6.07, 6.45) is 62.5. The van der Waals surface area contributed by atoms with Gasteiger partial charge in [-0.2, -0.15) is 0 Å². The second-order valence-corrected chi connectivity index (χ2v) is 32.4. The Morgan fingerprint density at radius 3 is 0.731 bits per heavy atom. The monoisotopic (exact) mass is 1530 g/mol. The van der Waals surface area contributed by atoms with Crippen molar-refractivity contribution in [1.82, 2.24) is 19.6 Å². The van der Waals surface area contributed by atoms with Crippen LogP contribution in [0.3, 0.4) is 0 Å². The van der Waals surface area contributed by atoms with E-state index in [9.17, 15) is 19.2 Å². The number of carbonyl (C=O) groups is 4. The lowest BCUT2D eigenvalue weighted by Crippen LogP contribution is -2.51. The number of carbonyl (C=O) groups excluding carboxylic acids is 4. The fourth-order valence-corrected chi connectivity index (χ4v) is 14.6. The summed E-state index contributed by atoms with van der Waals surface area (Å²) in [5.41, 5.74) is 0. The number of piperazine rings is 1. The SMILES string of the molecule is CCCCCCCCCCCOC(=O)CCCCC(C)N(CCCCOC(=O)CCC(OCCCCCCCC)OCCCCCCCC)CCN1CCN(CCN(CCCCOC(=O)CCC(OCCCCCCCC)OCCCCCCCC)C(C)CCCCC(=O)OCCCCCCCCCCC)CC1. The standard InChI is InChI=1S/C92H180N4O12/c1-9-15-21-27-33-35-37-43-51-77-101-87(97)61-47-45-59-85(7)95(67-49-57-79-103-89(99)63-65-91(105-81-53-39-29-23-17-11-3)106-82-54-40-30-24-18-12-4)75-73-93-69-71-94(72-70-93)74-76-96(86(8)60-46-48-62-88(98)102-78-52-44-38-36-34-28-22-16-10-2)68-50-58-80-104-90(100)64-66-92(107-83-55-41-31-25-19-13-5)108-84-56-42-32-26-20-14-6/h85-86,91-92H,9-84H2,1-8H3. The maximum atomic E-state index is 13.2. The predicted molar refractivity (Wildman–Crippen MR) is 452 cm³/mol. The fourth-order valence-electron chi connectivity index (χ4n) is 14.6. The van der Waals surface area contributed by atoms with Crippen LogP contribution in [0.5, 0.6) is 0 Å². The van der Waals surface area contributed by atoms with E-state index in [-0.39, 0.29) is 36.5 Å². The van der Waals surface area contributed by atoms with E-state index in [0.29, 0.717) is 103 Å². The molecule has 108 heavy (non-hydrogen) atoms. The Morgan fingerprint density at radius 2 is 0.472 bits per heavy atom. The van der Waals surface area contributed by atoms with Crippen LogP contribution in [0.4, 0.5) is 0 Å². The first-order valence-electron chi connectivity index (χ1n) is 47.0. The Kier molecular flexibility index (Phi) is 77.8. The van der Waals surface area contributed by atoms with E-state index in [2.05, 4.69) is 75.0 Å². The fraction of sp³-hybridized carbons (Fsp3) is 0.957. The molecule has 0 aliphatic carbocycles. The Bertz CT molecular complexity index is 1750. The Labute approximate surface area is 668 Å². The van der Waals surface area contributed by atoms with Crippen molar-refractivity contribution in [2.45, 2.75) is 452 Å². The van der Waals surface area contributed by atoms with E-state index in [1.807, 2.05) is 0 Å². The number of rotatable bonds is 86. The van der Waals surface area contributed by atoms with Crippen molar-refractivity contribution in [3.8, 4) is 0 Å². The lowest BCUT2D eigenvalue weighted by atomic mass is 10.1. The first-order chi connectivity index (χ1) is 53.0. The van der Waals surface area contributed by atoms with Gasteiger partial charge in [0, 0.05) is 117 Å². The zero-order valence-corrected chi connectivity index (χ0v) is 72.7. The normalized spacial score (nSPS) is 13.6. The van der Waals surface area contributed by atoms with Crippen LogP contribution < -0.4 is 0 Å². The van der Waals surface area contributed by atoms with Crippen LogP contribution in [0.2, 0.25) is 0 Å². The van der Waals surface area contributed by atoms with Gasteiger partial charge in [-0.25, -0.2) is 0 Å². The molecule has 0 radical (unpaired) electrons. The van der Waals surface area contributed by atoms with Crippen molar-refractivity contribution in [3.63, 3.8) is 0 Å². The number of hydrogen-bond donors (Lipinski definition) is 0. The van der Waals surface area contributed by atoms with Crippen molar-refractivity contribution in [3.05, 3.63) is 0 Å². The van der Waals surface area contributed by atoms with Gasteiger partial charge in [-0.15, -0.1) is 0 Å². The van der Waals surface area contributed by atoms with Gasteiger partial charge in [0.25, 0.3) is 0 Å². The Hall–Kier alpha value is -2.44. The quantitative estimate of drug-likeness (QED) is 0.0245. The summed E-state index contributed by atoms with van der Waals surface area (Å²) in [6, 6.07) is 0.715. The molecule has 16 nitrogen and oxygen atoms in total. The number of esters is 4. The van der Waals surface area contributed by atoms with Gasteiger partial charge in [0.05, 0.1) is 39.3 Å². The maximum Gasteiger partial charge on any atom is 0.305 e. The molecule has 1 aliphatic heterocycles. The molecule has 640 valence electrons. The molecular formula is C92H180N4O12. The highest BCUT2D eigenvalue weighted by molar-refractivity contribution is 5.70. The summed E-state index contributed by atoms with van der Waals surface area (Å²) in [7, 11) is 0. The molecule has 1 aliphatic rings. The maximum absolute atomic E-state index is 13.2. The molecule has 0 bridgehead atoms. The molecule has 0 aromatic rings. The van der Waals surface area contributed by atoms with E-state index >= 15 is 0 Å². The van der Waals surface area contributed by atoms with Gasteiger partial charge in [-0.05, 0) is 117 Å². The molecule has 0 spiro atoms. The average Bonchev–Trinajstić information content (AvgIpc) is 0.922. The Balaban J connectivity index is 2.95. The third-order valence-corrected chi connectivity index (χ3v) is 22.2. The van der Waals surface area contributed by atoms with Gasteiger partial charge in [0.2, 0.25) is 0 Å². The molecule has 1 heterocycles. The summed E-state index contributed by atoms with van der Waals surface area (Å²) in [5.74, 6) is -0.462. The zero-order chi connectivity index (χ0) is 78.3. The highest BCUT2D eigenvalue weighted by Crippen LogP contribution is 2.20. The first-order valence-corrected chi connectivity index (χ1v) is 47.0. The molecule has 1 saturated heterocycles. The van der Waals surface area contributed by atoms with Gasteiger partial charge in [-0.1, -0.05) is 286 Å². The van der Waals surface area contributed by atoms with E-state index in [1.165, 1.54) is 218 Å². The molecule has 2 unspecified atom stereocenters. The summed E-state index contributed by atoms with van der Waals surface area (Å²) in [4.78, 5) is 62.5. The minimum atomic E-state index is -0.370. The number of ether oxygens (including phenoxy) is 8. The van der Waals surface area contributed by atoms with E-state index < -0.39 is 0 Å². The molecule has 0 saturated carbocycles. The average molecular weight is 1530 g/mol. The van der Waals surface area contributed by atoms with Crippen LogP contribution in [0.15, 0.2) is 0 Å². The van der Waals surface area contributed by atoms with E-state index in [4.69, 9.17) is 37.9 Å². The van der Waals surface area contributed by atoms with Gasteiger partial charge in [-0.3, -0.25) is 38.8 Å². The lowest BCUT2D eigenvalue weighted by molar-refractivity contribution is -0.159. The minimum absolute atomic E-state index is 0.0588. The summed E-state index contributed by atoms with van der Waals surface area (Å²) in [6.45, 7) is 32.8. The van der Waals surface area contributed by atoms with E-state index in [1.54, 1.807) is 0 Å². The third-order valence-electron chi connectivity index (χ3n) is 22.2. The van der Waals surface area contributed by atoms with Crippen molar-refractivity contribution in [1.29, 1.82) is 0 Å². The highest BCUT2D eigenvalue weighted by Gasteiger charge is 2.23. The predicted octanol–water partition coefficient (Wildman–Crippen LogP) is 23.6. The van der Waals surface area contributed by atoms with Crippen LogP contribution in [-0.2, 0) is 57.1 Å². The highest BCUT2D eigenvalue weighted by atomic mass is 16.7. The van der Waals surface area contributed by atoms with Crippen molar-refractivity contribution >= 4 is 23.9 Å². The smallest absolute Gasteiger partial charge is 0.305 e. The molecule has 2 atom stereocenters. The summed E-state index contributed by atoms with van der Waals surface area (Å²) < 4.78 is 48.0. The summed E-state index contributed by atoms with van der Waals surface area (Å²) >= 11 is 0. The molecule has 16 heteroatoms. The third kappa shape index (κ3) is 69.1. The molecule has 1 fully saturated rings. The zero-order valence-electron chi connectivity index (χ0n) is 72.7. The molecular weight excluding hydrogens is 1350 g/mol. The van der Waals surface area contributed by atoms with Crippen LogP contribution >= 0.6 is 0 Å². The first kappa shape index (κ1) is 104. The lowest BCUT2D eigenvalue weighted by Gasteiger charge is -2.38. The van der Waals surface area contributed by atoms with Crippen molar-refractivity contribution < 1.29 is 57.1 Å². The van der Waals surface area contributed by atoms with Crippen LogP contribution in [0.1, 0.15) is 428 Å². The molecule has 0 N–H and O–H groups in total. The minimum Gasteiger partial charge on any atom is -0.466 e. The Morgan fingerprint density at radius 1 is 0.250 bits per heavy atom. The van der Waals surface area contributed by atoms with Crippen LogP contribution in [0.25, 0.3) is 0 Å². The molecule has 1 rings (SSSR count). The molecule has 0 aromatic heterocycles. The van der Waals surface area contributed by atoms with Gasteiger partial charge in [0.1, 0.15) is 0 Å². The van der Waals surface area contributed by atoms with Crippen molar-refractivity contribution in [2.75, 3.05) is 118 Å². The van der Waals surface area contributed by atoms with Crippen LogP contribution in [-0.4, -0.2) is 186 Å². The summed E-state index contributed by atoms with van der Waals surface area (Å²) in [5, 5.41) is 0. The second-order valence-electron chi connectivity index (χ2n) is 32.4. The molecule has 0 aromatic carbocycles. The van der Waals surface area contributed by atoms with Gasteiger partial charge < -0.3 is 37.9 Å². The largest absolute Gasteiger partial charge is 0.466 e. The number of nitrogens with zero attached hydrogens (tertiary/aromatic N) is 4. The molecule has 0 amide bonds. The van der Waals surface area contributed by atoms with Gasteiger partial charge >= 0.3 is 23.9 Å². The number of hydrogen-bond acceptors (Lipinski definition) is 16. The van der Waals surface area contributed by atoms with Gasteiger partial charge in [0.15, 0.2) is 12.6 Å². The number of unbranched alkanes of at least 4 members (excludes halogenated alkanes) is 40.